The molecule has 0 fully saturated rings. The fraction of sp³-hybridized carbons (Fsp3) is 0.294. The lowest BCUT2D eigenvalue weighted by atomic mass is 10.1. The Hall–Kier alpha value is -1.76. The minimum absolute atomic E-state index is 0.112. The van der Waals surface area contributed by atoms with E-state index in [1.165, 1.54) is 12.1 Å². The van der Waals surface area contributed by atoms with E-state index in [2.05, 4.69) is 0 Å². The van der Waals surface area contributed by atoms with Gasteiger partial charge < -0.3 is 9.47 Å². The Kier molecular flexibility index (Phi) is 4.46. The molecule has 0 saturated heterocycles. The van der Waals surface area contributed by atoms with Crippen molar-refractivity contribution < 1.29 is 22.1 Å². The first-order chi connectivity index (χ1) is 11.3. The van der Waals surface area contributed by atoms with Crippen LogP contribution >= 0.6 is 11.6 Å². The molecule has 7 heteroatoms. The van der Waals surface area contributed by atoms with E-state index < -0.39 is 15.7 Å². The van der Waals surface area contributed by atoms with E-state index in [9.17, 15) is 8.42 Å². The van der Waals surface area contributed by atoms with Crippen LogP contribution in [-0.4, -0.2) is 27.2 Å². The third-order valence-electron chi connectivity index (χ3n) is 3.62. The number of ether oxygens (including phenoxy) is 2. The standard InChI is InChI=1S/C17H17ClO5S/c1-12-3-6-14(7-4-12)24(19,20)22-11-17(2)10-21-16-9-13(18)5-8-15(16)23-17/h3-9H,10-11H2,1-2H3. The molecule has 0 bridgehead atoms. The third kappa shape index (κ3) is 3.66. The Labute approximate surface area is 146 Å². The lowest BCUT2D eigenvalue weighted by Crippen LogP contribution is -2.46. The monoisotopic (exact) mass is 368 g/mol. The topological polar surface area (TPSA) is 61.8 Å². The molecule has 1 atom stereocenters. The molecule has 128 valence electrons. The Morgan fingerprint density at radius 3 is 2.58 bits per heavy atom. The normalized spacial score (nSPS) is 20.0. The molecule has 1 unspecified atom stereocenters. The number of hydrogen-bond donors (Lipinski definition) is 0. The molecular formula is C17H17ClO5S. The molecule has 1 aliphatic rings. The van der Waals surface area contributed by atoms with Gasteiger partial charge in [-0.25, -0.2) is 0 Å². The molecule has 5 nitrogen and oxygen atoms in total. The molecule has 0 N–H and O–H groups in total. The van der Waals surface area contributed by atoms with Crippen molar-refractivity contribution in [3.63, 3.8) is 0 Å². The fourth-order valence-corrected chi connectivity index (χ4v) is 3.42. The van der Waals surface area contributed by atoms with Crippen molar-refractivity contribution in [3.05, 3.63) is 53.1 Å². The highest BCUT2D eigenvalue weighted by Gasteiger charge is 2.35. The van der Waals surface area contributed by atoms with Crippen molar-refractivity contribution in [3.8, 4) is 11.5 Å². The maximum atomic E-state index is 12.3. The zero-order chi connectivity index (χ0) is 17.4. The lowest BCUT2D eigenvalue weighted by Gasteiger charge is -2.35. The van der Waals surface area contributed by atoms with E-state index >= 15 is 0 Å². The van der Waals surface area contributed by atoms with Crippen LogP contribution in [0.15, 0.2) is 47.4 Å². The van der Waals surface area contributed by atoms with E-state index in [-0.39, 0.29) is 18.1 Å². The smallest absolute Gasteiger partial charge is 0.297 e. The van der Waals surface area contributed by atoms with E-state index in [0.29, 0.717) is 16.5 Å². The maximum Gasteiger partial charge on any atom is 0.297 e. The van der Waals surface area contributed by atoms with Crippen LogP contribution < -0.4 is 9.47 Å². The van der Waals surface area contributed by atoms with Gasteiger partial charge in [0.2, 0.25) is 0 Å². The minimum Gasteiger partial charge on any atom is -0.485 e. The maximum absolute atomic E-state index is 12.3. The summed E-state index contributed by atoms with van der Waals surface area (Å²) >= 11 is 5.91. The number of halogens is 1. The van der Waals surface area contributed by atoms with Crippen LogP contribution in [0.4, 0.5) is 0 Å². The molecule has 0 amide bonds. The van der Waals surface area contributed by atoms with Gasteiger partial charge in [-0.2, -0.15) is 8.42 Å². The van der Waals surface area contributed by atoms with Gasteiger partial charge in [-0.1, -0.05) is 29.3 Å². The SMILES string of the molecule is Cc1ccc(S(=O)(=O)OCC2(C)COc3cc(Cl)ccc3O2)cc1. The van der Waals surface area contributed by atoms with Gasteiger partial charge in [0, 0.05) is 11.1 Å². The van der Waals surface area contributed by atoms with Crippen molar-refractivity contribution in [2.24, 2.45) is 0 Å². The summed E-state index contributed by atoms with van der Waals surface area (Å²) < 4.78 is 41.2. The van der Waals surface area contributed by atoms with Gasteiger partial charge in [-0.3, -0.25) is 4.18 Å². The molecule has 0 radical (unpaired) electrons. The predicted molar refractivity (Wildman–Crippen MR) is 90.3 cm³/mol. The van der Waals surface area contributed by atoms with Gasteiger partial charge >= 0.3 is 0 Å². The number of fused-ring (bicyclic) bond motifs is 1. The van der Waals surface area contributed by atoms with Crippen molar-refractivity contribution in [2.45, 2.75) is 24.3 Å². The van der Waals surface area contributed by atoms with Crippen LogP contribution in [-0.2, 0) is 14.3 Å². The summed E-state index contributed by atoms with van der Waals surface area (Å²) in [6, 6.07) is 11.5. The van der Waals surface area contributed by atoms with Gasteiger partial charge in [0.15, 0.2) is 17.1 Å². The summed E-state index contributed by atoms with van der Waals surface area (Å²) in [5.74, 6) is 1.03. The molecule has 0 aliphatic carbocycles. The Balaban J connectivity index is 1.72. The van der Waals surface area contributed by atoms with Crippen molar-refractivity contribution in [2.75, 3.05) is 13.2 Å². The van der Waals surface area contributed by atoms with Crippen LogP contribution in [0.3, 0.4) is 0 Å². The highest BCUT2D eigenvalue weighted by Crippen LogP contribution is 2.37. The van der Waals surface area contributed by atoms with Gasteiger partial charge in [0.1, 0.15) is 13.2 Å². The number of rotatable bonds is 4. The molecule has 24 heavy (non-hydrogen) atoms. The van der Waals surface area contributed by atoms with Crippen LogP contribution in [0.5, 0.6) is 11.5 Å². The van der Waals surface area contributed by atoms with E-state index in [4.69, 9.17) is 25.3 Å². The highest BCUT2D eigenvalue weighted by molar-refractivity contribution is 7.86. The zero-order valence-corrected chi connectivity index (χ0v) is 14.9. The van der Waals surface area contributed by atoms with Gasteiger partial charge in [-0.05, 0) is 38.1 Å². The first kappa shape index (κ1) is 17.1. The number of hydrogen-bond acceptors (Lipinski definition) is 5. The summed E-state index contributed by atoms with van der Waals surface area (Å²) in [4.78, 5) is 0.112. The molecule has 3 rings (SSSR count). The fourth-order valence-electron chi connectivity index (χ4n) is 2.25. The largest absolute Gasteiger partial charge is 0.485 e. The molecule has 1 heterocycles. The van der Waals surface area contributed by atoms with Crippen LogP contribution in [0.1, 0.15) is 12.5 Å². The molecule has 1 aliphatic heterocycles. The Morgan fingerprint density at radius 1 is 1.17 bits per heavy atom. The van der Waals surface area contributed by atoms with Crippen molar-refractivity contribution in [1.29, 1.82) is 0 Å². The summed E-state index contributed by atoms with van der Waals surface area (Å²) in [6.45, 7) is 3.61. The molecule has 0 saturated carbocycles. The average molecular weight is 369 g/mol. The number of benzene rings is 2. The van der Waals surface area contributed by atoms with Crippen molar-refractivity contribution >= 4 is 21.7 Å². The van der Waals surface area contributed by atoms with Crippen LogP contribution in [0.25, 0.3) is 0 Å². The van der Waals surface area contributed by atoms with Crippen molar-refractivity contribution in [1.82, 2.24) is 0 Å². The van der Waals surface area contributed by atoms with Crippen LogP contribution in [0, 0.1) is 6.92 Å². The summed E-state index contributed by atoms with van der Waals surface area (Å²) in [6.07, 6.45) is 0. The third-order valence-corrected chi connectivity index (χ3v) is 5.14. The molecule has 0 aromatic heterocycles. The van der Waals surface area contributed by atoms with Gasteiger partial charge in [-0.15, -0.1) is 0 Å². The second kappa shape index (κ2) is 6.27. The molecule has 0 spiro atoms. The quantitative estimate of drug-likeness (QED) is 0.772. The minimum atomic E-state index is -3.86. The second-order valence-corrected chi connectivity index (χ2v) is 8.01. The first-order valence-corrected chi connectivity index (χ1v) is 9.14. The van der Waals surface area contributed by atoms with E-state index in [1.807, 2.05) is 6.92 Å². The first-order valence-electron chi connectivity index (χ1n) is 7.35. The zero-order valence-electron chi connectivity index (χ0n) is 13.3. The number of aryl methyl sites for hydroxylation is 1. The average Bonchev–Trinajstić information content (AvgIpc) is 2.54. The van der Waals surface area contributed by atoms with Gasteiger partial charge in [0.05, 0.1) is 4.90 Å². The van der Waals surface area contributed by atoms with Crippen LogP contribution in [0.2, 0.25) is 5.02 Å². The summed E-state index contributed by atoms with van der Waals surface area (Å²) in [5, 5.41) is 0.541. The van der Waals surface area contributed by atoms with Gasteiger partial charge in [0.25, 0.3) is 10.1 Å². The summed E-state index contributed by atoms with van der Waals surface area (Å²) in [7, 11) is -3.86. The summed E-state index contributed by atoms with van der Waals surface area (Å²) in [5.41, 5.74) is 0.0543. The Morgan fingerprint density at radius 2 is 1.88 bits per heavy atom. The lowest BCUT2D eigenvalue weighted by molar-refractivity contribution is -0.0249. The predicted octanol–water partition coefficient (Wildman–Crippen LogP) is 3.58. The Bertz CT molecular complexity index is 848. The molecule has 2 aromatic rings. The second-order valence-electron chi connectivity index (χ2n) is 5.96. The molecular weight excluding hydrogens is 352 g/mol. The molecule has 2 aromatic carbocycles. The van der Waals surface area contributed by atoms with E-state index in [0.717, 1.165) is 5.56 Å². The van der Waals surface area contributed by atoms with E-state index in [1.54, 1.807) is 37.3 Å². The highest BCUT2D eigenvalue weighted by atomic mass is 35.5.